The molecule has 1 fully saturated rings. The number of nitrogens with one attached hydrogen (secondary N) is 2. The third kappa shape index (κ3) is 4.87. The lowest BCUT2D eigenvalue weighted by atomic mass is 9.85. The van der Waals surface area contributed by atoms with Gasteiger partial charge in [-0.05, 0) is 61.5 Å². The second-order valence-corrected chi connectivity index (χ2v) is 8.34. The van der Waals surface area contributed by atoms with Crippen LogP contribution in [-0.4, -0.2) is 49.5 Å². The van der Waals surface area contributed by atoms with Gasteiger partial charge in [-0.3, -0.25) is 25.0 Å². The number of carbonyl (C=O) groups excluding carboxylic acids is 3. The molecule has 0 radical (unpaired) electrons. The Morgan fingerprint density at radius 3 is 2.08 bits per heavy atom. The SMILES string of the molecule is CC(C(=O)O)C1(Oc2ccc(Oc3ccc(-c4nc(-c5ncccn5)co4)cc3)cc2)C(=O)NC(=O)NC1=O. The van der Waals surface area contributed by atoms with Gasteiger partial charge in [-0.2, -0.15) is 0 Å². The lowest BCUT2D eigenvalue weighted by Crippen LogP contribution is -2.72. The van der Waals surface area contributed by atoms with Crippen LogP contribution in [0.3, 0.4) is 0 Å². The largest absolute Gasteiger partial charge is 0.481 e. The summed E-state index contributed by atoms with van der Waals surface area (Å²) in [6.45, 7) is 1.13. The Kier molecular flexibility index (Phi) is 6.46. The number of aromatic nitrogens is 3. The van der Waals surface area contributed by atoms with Gasteiger partial charge in [-0.15, -0.1) is 0 Å². The number of hydrogen-bond acceptors (Lipinski definition) is 10. The molecule has 0 saturated carbocycles. The monoisotopic (exact) mass is 529 g/mol. The molecule has 3 N–H and O–H groups in total. The van der Waals surface area contributed by atoms with E-state index in [0.717, 1.165) is 6.92 Å². The molecule has 13 heteroatoms. The predicted octanol–water partition coefficient (Wildman–Crippen LogP) is 2.80. The summed E-state index contributed by atoms with van der Waals surface area (Å²) in [5.74, 6) is -3.72. The number of aliphatic carboxylic acids is 1. The summed E-state index contributed by atoms with van der Waals surface area (Å²) >= 11 is 0. The highest BCUT2D eigenvalue weighted by Crippen LogP contribution is 2.32. The van der Waals surface area contributed by atoms with Gasteiger partial charge in [0.25, 0.3) is 17.4 Å². The van der Waals surface area contributed by atoms with E-state index in [4.69, 9.17) is 13.9 Å². The lowest BCUT2D eigenvalue weighted by Gasteiger charge is -2.36. The number of nitrogens with zero attached hydrogens (tertiary/aromatic N) is 3. The van der Waals surface area contributed by atoms with Crippen molar-refractivity contribution in [3.05, 3.63) is 73.3 Å². The summed E-state index contributed by atoms with van der Waals surface area (Å²) in [6, 6.07) is 13.4. The second-order valence-electron chi connectivity index (χ2n) is 8.34. The number of carbonyl (C=O) groups is 4. The van der Waals surface area contributed by atoms with Crippen molar-refractivity contribution in [1.82, 2.24) is 25.6 Å². The molecule has 0 bridgehead atoms. The van der Waals surface area contributed by atoms with E-state index >= 15 is 0 Å². The van der Waals surface area contributed by atoms with Gasteiger partial charge in [0.05, 0.1) is 0 Å². The Labute approximate surface area is 219 Å². The summed E-state index contributed by atoms with van der Waals surface area (Å²) in [4.78, 5) is 61.0. The highest BCUT2D eigenvalue weighted by molar-refractivity contribution is 6.23. The van der Waals surface area contributed by atoms with Crippen LogP contribution in [0.15, 0.2) is 77.7 Å². The first-order valence-electron chi connectivity index (χ1n) is 11.5. The maximum absolute atomic E-state index is 12.6. The summed E-state index contributed by atoms with van der Waals surface area (Å²) in [5, 5.41) is 13.2. The number of imide groups is 2. The molecule has 1 aliphatic rings. The van der Waals surface area contributed by atoms with Crippen LogP contribution in [0.25, 0.3) is 23.0 Å². The molecule has 0 spiro atoms. The Balaban J connectivity index is 1.29. The van der Waals surface area contributed by atoms with Gasteiger partial charge in [0.2, 0.25) is 5.89 Å². The maximum Gasteiger partial charge on any atom is 0.328 e. The molecular formula is C26H19N5O8. The van der Waals surface area contributed by atoms with Crippen molar-refractivity contribution in [2.45, 2.75) is 12.5 Å². The van der Waals surface area contributed by atoms with Crippen molar-refractivity contribution in [3.63, 3.8) is 0 Å². The van der Waals surface area contributed by atoms with Crippen LogP contribution in [0, 0.1) is 5.92 Å². The molecule has 13 nitrogen and oxygen atoms in total. The Morgan fingerprint density at radius 2 is 1.49 bits per heavy atom. The zero-order chi connectivity index (χ0) is 27.6. The second kappa shape index (κ2) is 10.0. The van der Waals surface area contributed by atoms with E-state index in [1.165, 1.54) is 30.5 Å². The van der Waals surface area contributed by atoms with Crippen molar-refractivity contribution < 1.29 is 38.2 Å². The predicted molar refractivity (Wildman–Crippen MR) is 131 cm³/mol. The molecule has 4 aromatic rings. The summed E-state index contributed by atoms with van der Waals surface area (Å²) < 4.78 is 17.0. The maximum atomic E-state index is 12.6. The van der Waals surface area contributed by atoms with Crippen molar-refractivity contribution in [3.8, 4) is 40.2 Å². The van der Waals surface area contributed by atoms with Crippen LogP contribution in [0.4, 0.5) is 4.79 Å². The zero-order valence-corrected chi connectivity index (χ0v) is 20.2. The molecule has 2 aromatic carbocycles. The number of amides is 4. The van der Waals surface area contributed by atoms with E-state index in [9.17, 15) is 24.3 Å². The van der Waals surface area contributed by atoms with Crippen LogP contribution in [0.1, 0.15) is 6.92 Å². The normalized spacial score (nSPS) is 15.2. The number of hydrogen-bond donors (Lipinski definition) is 3. The summed E-state index contributed by atoms with van der Waals surface area (Å²) in [6.07, 6.45) is 4.70. The Bertz CT molecular complexity index is 1530. The van der Waals surface area contributed by atoms with Crippen LogP contribution < -0.4 is 20.1 Å². The van der Waals surface area contributed by atoms with Crippen LogP contribution >= 0.6 is 0 Å². The average molecular weight is 529 g/mol. The van der Waals surface area contributed by atoms with Crippen LogP contribution in [0.2, 0.25) is 0 Å². The molecule has 1 atom stereocenters. The number of carboxylic acid groups (broad SMARTS) is 1. The summed E-state index contributed by atoms with van der Waals surface area (Å²) in [7, 11) is 0. The first kappa shape index (κ1) is 25.1. The first-order valence-corrected chi connectivity index (χ1v) is 11.5. The van der Waals surface area contributed by atoms with Gasteiger partial charge in [-0.1, -0.05) is 0 Å². The van der Waals surface area contributed by atoms with E-state index in [2.05, 4.69) is 15.0 Å². The number of carboxylic acids is 1. The van der Waals surface area contributed by atoms with Crippen LogP contribution in [0.5, 0.6) is 17.2 Å². The van der Waals surface area contributed by atoms with Crippen molar-refractivity contribution >= 4 is 23.8 Å². The standard InChI is InChI=1S/C26H19N5O8/c1-14(22(32)33)26(23(34)30-25(36)31-24(26)35)39-18-9-7-17(8-10-18)38-16-5-3-15(4-6-16)21-29-19(13-37-21)20-27-11-2-12-28-20/h2-14H,1H3,(H,32,33)(H2,30,31,34,35,36). The molecule has 0 aliphatic carbocycles. The topological polar surface area (TPSA) is 183 Å². The van der Waals surface area contributed by atoms with E-state index in [0.29, 0.717) is 34.5 Å². The minimum Gasteiger partial charge on any atom is -0.481 e. The average Bonchev–Trinajstić information content (AvgIpc) is 3.43. The van der Waals surface area contributed by atoms with E-state index in [-0.39, 0.29) is 5.75 Å². The molecule has 1 saturated heterocycles. The number of rotatable bonds is 8. The van der Waals surface area contributed by atoms with Gasteiger partial charge >= 0.3 is 12.0 Å². The molecule has 4 amide bonds. The minimum absolute atomic E-state index is 0.00698. The molecule has 39 heavy (non-hydrogen) atoms. The first-order chi connectivity index (χ1) is 18.8. The molecule has 5 rings (SSSR count). The molecule has 2 aromatic heterocycles. The Morgan fingerprint density at radius 1 is 0.923 bits per heavy atom. The molecule has 1 unspecified atom stereocenters. The van der Waals surface area contributed by atoms with Gasteiger partial charge in [-0.25, -0.2) is 19.7 Å². The number of oxazole rings is 1. The number of barbiturate groups is 1. The zero-order valence-electron chi connectivity index (χ0n) is 20.2. The van der Waals surface area contributed by atoms with Crippen molar-refractivity contribution in [1.29, 1.82) is 0 Å². The quantitative estimate of drug-likeness (QED) is 0.285. The fourth-order valence-corrected chi connectivity index (χ4v) is 3.78. The molecule has 3 heterocycles. The minimum atomic E-state index is -2.50. The highest BCUT2D eigenvalue weighted by Gasteiger charge is 2.59. The molecule has 1 aliphatic heterocycles. The highest BCUT2D eigenvalue weighted by atomic mass is 16.5. The van der Waals surface area contributed by atoms with Crippen molar-refractivity contribution in [2.75, 3.05) is 0 Å². The van der Waals surface area contributed by atoms with Gasteiger partial charge in [0.1, 0.15) is 35.1 Å². The van der Waals surface area contributed by atoms with Crippen molar-refractivity contribution in [2.24, 2.45) is 5.92 Å². The number of ether oxygens (including phenoxy) is 2. The van der Waals surface area contributed by atoms with Crippen LogP contribution in [-0.2, 0) is 14.4 Å². The Hall–Kier alpha value is -5.59. The lowest BCUT2D eigenvalue weighted by molar-refractivity contribution is -0.166. The third-order valence-electron chi connectivity index (χ3n) is 5.85. The van der Waals surface area contributed by atoms with E-state index in [1.54, 1.807) is 42.7 Å². The van der Waals surface area contributed by atoms with E-state index in [1.807, 2.05) is 10.6 Å². The van der Waals surface area contributed by atoms with Gasteiger partial charge in [0, 0.05) is 18.0 Å². The summed E-state index contributed by atoms with van der Waals surface area (Å²) in [5.41, 5.74) is -1.29. The fraction of sp³-hybridized carbons (Fsp3) is 0.115. The third-order valence-corrected chi connectivity index (χ3v) is 5.85. The molecule has 196 valence electrons. The number of benzene rings is 2. The van der Waals surface area contributed by atoms with Gasteiger partial charge in [0.15, 0.2) is 5.82 Å². The van der Waals surface area contributed by atoms with Gasteiger partial charge < -0.3 is 19.0 Å². The van der Waals surface area contributed by atoms with E-state index < -0.39 is 35.3 Å². The fourth-order valence-electron chi connectivity index (χ4n) is 3.78. The number of urea groups is 1. The smallest absolute Gasteiger partial charge is 0.328 e. The molecular weight excluding hydrogens is 510 g/mol.